The van der Waals surface area contributed by atoms with E-state index in [-0.39, 0.29) is 5.41 Å². The molecule has 0 heterocycles. The van der Waals surface area contributed by atoms with E-state index in [4.69, 9.17) is 0 Å². The van der Waals surface area contributed by atoms with Crippen LogP contribution in [0.2, 0.25) is 0 Å². The molecule has 74 valence electrons. The first-order chi connectivity index (χ1) is 6.13. The van der Waals surface area contributed by atoms with E-state index < -0.39 is 5.60 Å². The molecule has 0 spiro atoms. The summed E-state index contributed by atoms with van der Waals surface area (Å²) in [7, 11) is 0. The van der Waals surface area contributed by atoms with Crippen LogP contribution in [0.15, 0.2) is 0 Å². The molecule has 13 heavy (non-hydrogen) atoms. The molecule has 2 nitrogen and oxygen atoms in total. The topological polar surface area (TPSA) is 40.5 Å². The highest BCUT2D eigenvalue weighted by Crippen LogP contribution is 2.61. The average molecular weight is 182 g/mol. The van der Waals surface area contributed by atoms with Crippen LogP contribution < -0.4 is 0 Å². The third-order valence-electron chi connectivity index (χ3n) is 4.49. The van der Waals surface area contributed by atoms with Crippen LogP contribution in [0, 0.1) is 17.3 Å². The molecule has 0 amide bonds. The lowest BCUT2D eigenvalue weighted by Gasteiger charge is -2.59. The lowest BCUT2D eigenvalue weighted by molar-refractivity contribution is -0.174. The molecule has 4 rings (SSSR count). The highest BCUT2D eigenvalue weighted by atomic mass is 16.3. The van der Waals surface area contributed by atoms with E-state index in [2.05, 4.69) is 0 Å². The molecule has 0 saturated heterocycles. The highest BCUT2D eigenvalue weighted by Gasteiger charge is 2.56. The minimum atomic E-state index is -0.396. The maximum atomic E-state index is 10.3. The predicted molar refractivity (Wildman–Crippen MR) is 49.2 cm³/mol. The normalized spacial score (nSPS) is 58.6. The van der Waals surface area contributed by atoms with Crippen LogP contribution in [0.1, 0.15) is 38.5 Å². The SMILES string of the molecule is OCC12C[C@@H]3C[C@H](CC(O)(C3)C1)C2. The van der Waals surface area contributed by atoms with Crippen molar-refractivity contribution in [3.05, 3.63) is 0 Å². The summed E-state index contributed by atoms with van der Waals surface area (Å²) in [4.78, 5) is 0. The molecule has 4 bridgehead atoms. The predicted octanol–water partition coefficient (Wildman–Crippen LogP) is 1.31. The van der Waals surface area contributed by atoms with Crippen LogP contribution in [-0.2, 0) is 0 Å². The van der Waals surface area contributed by atoms with Gasteiger partial charge in [-0.2, -0.15) is 0 Å². The zero-order valence-electron chi connectivity index (χ0n) is 8.00. The van der Waals surface area contributed by atoms with Crippen molar-refractivity contribution < 1.29 is 10.2 Å². The largest absolute Gasteiger partial charge is 0.396 e. The first-order valence-electron chi connectivity index (χ1n) is 5.46. The van der Waals surface area contributed by atoms with Gasteiger partial charge in [0.2, 0.25) is 0 Å². The Hall–Kier alpha value is -0.0800. The van der Waals surface area contributed by atoms with E-state index in [0.717, 1.165) is 19.3 Å². The van der Waals surface area contributed by atoms with Crippen molar-refractivity contribution in [1.82, 2.24) is 0 Å². The Labute approximate surface area is 79.0 Å². The summed E-state index contributed by atoms with van der Waals surface area (Å²) in [5.41, 5.74) is -0.286. The smallest absolute Gasteiger partial charge is 0.0659 e. The van der Waals surface area contributed by atoms with Gasteiger partial charge >= 0.3 is 0 Å². The Morgan fingerprint density at radius 1 is 1.08 bits per heavy atom. The summed E-state index contributed by atoms with van der Waals surface area (Å²) in [5, 5.41) is 19.7. The summed E-state index contributed by atoms with van der Waals surface area (Å²) < 4.78 is 0. The molecule has 2 N–H and O–H groups in total. The molecule has 4 fully saturated rings. The van der Waals surface area contributed by atoms with Gasteiger partial charge in [-0.1, -0.05) is 0 Å². The molecule has 0 unspecified atom stereocenters. The number of hydrogen-bond acceptors (Lipinski definition) is 2. The standard InChI is InChI=1S/C11H18O2/c12-7-10-2-8-1-9(3-10)5-11(13,4-8)6-10/h8-9,12-13H,1-7H2/t8-,9-,10?,11?/m0/s1. The minimum absolute atomic E-state index is 0.110. The molecule has 4 aliphatic rings. The second-order valence-corrected chi connectivity index (χ2v) is 5.84. The third-order valence-corrected chi connectivity index (χ3v) is 4.49. The van der Waals surface area contributed by atoms with Crippen LogP contribution >= 0.6 is 0 Å². The molecule has 4 saturated carbocycles. The van der Waals surface area contributed by atoms with E-state index in [1.54, 1.807) is 0 Å². The Morgan fingerprint density at radius 3 is 2.15 bits per heavy atom. The average Bonchev–Trinajstić information content (AvgIpc) is 1.99. The molecule has 4 aliphatic carbocycles. The second kappa shape index (κ2) is 2.29. The molecular weight excluding hydrogens is 164 g/mol. The minimum Gasteiger partial charge on any atom is -0.396 e. The fraction of sp³-hybridized carbons (Fsp3) is 1.00. The lowest BCUT2D eigenvalue weighted by Crippen LogP contribution is -2.56. The molecular formula is C11H18O2. The van der Waals surface area contributed by atoms with Crippen LogP contribution in [0.5, 0.6) is 0 Å². The third kappa shape index (κ3) is 1.08. The van der Waals surface area contributed by atoms with Crippen molar-refractivity contribution in [1.29, 1.82) is 0 Å². The van der Waals surface area contributed by atoms with Gasteiger partial charge in [-0.15, -0.1) is 0 Å². The summed E-state index contributed by atoms with van der Waals surface area (Å²) in [6.07, 6.45) is 6.52. The van der Waals surface area contributed by atoms with Crippen molar-refractivity contribution in [2.24, 2.45) is 17.3 Å². The van der Waals surface area contributed by atoms with Crippen LogP contribution in [0.3, 0.4) is 0 Å². The van der Waals surface area contributed by atoms with Gasteiger partial charge in [0.15, 0.2) is 0 Å². The zero-order chi connectivity index (χ0) is 9.10. The van der Waals surface area contributed by atoms with Crippen molar-refractivity contribution >= 4 is 0 Å². The number of hydrogen-bond donors (Lipinski definition) is 2. The molecule has 0 aliphatic heterocycles. The first kappa shape index (κ1) is 8.25. The Morgan fingerprint density at radius 2 is 1.69 bits per heavy atom. The van der Waals surface area contributed by atoms with Crippen LogP contribution in [-0.4, -0.2) is 22.4 Å². The number of aliphatic hydroxyl groups excluding tert-OH is 1. The lowest BCUT2D eigenvalue weighted by atomic mass is 9.48. The molecule has 0 aromatic carbocycles. The summed E-state index contributed by atoms with van der Waals surface area (Å²) in [5.74, 6) is 1.41. The van der Waals surface area contributed by atoms with E-state index in [1.165, 1.54) is 19.3 Å². The molecule has 2 heteroatoms. The molecule has 0 aromatic heterocycles. The van der Waals surface area contributed by atoms with E-state index in [0.29, 0.717) is 18.4 Å². The van der Waals surface area contributed by atoms with E-state index in [1.807, 2.05) is 0 Å². The van der Waals surface area contributed by atoms with Crippen molar-refractivity contribution in [3.8, 4) is 0 Å². The highest BCUT2D eigenvalue weighted by molar-refractivity contribution is 5.07. The summed E-state index contributed by atoms with van der Waals surface area (Å²) in [6.45, 7) is 0.294. The van der Waals surface area contributed by atoms with Gasteiger partial charge in [-0.3, -0.25) is 0 Å². The maximum absolute atomic E-state index is 10.3. The monoisotopic (exact) mass is 182 g/mol. The summed E-state index contributed by atoms with van der Waals surface area (Å²) in [6, 6.07) is 0. The van der Waals surface area contributed by atoms with Gasteiger partial charge in [0.1, 0.15) is 0 Å². The zero-order valence-corrected chi connectivity index (χ0v) is 8.00. The van der Waals surface area contributed by atoms with Gasteiger partial charge in [0, 0.05) is 6.61 Å². The second-order valence-electron chi connectivity index (χ2n) is 5.84. The number of aliphatic hydroxyl groups is 2. The Kier molecular flexibility index (Phi) is 1.45. The van der Waals surface area contributed by atoms with E-state index in [9.17, 15) is 10.2 Å². The van der Waals surface area contributed by atoms with Gasteiger partial charge in [0.25, 0.3) is 0 Å². The van der Waals surface area contributed by atoms with Crippen molar-refractivity contribution in [3.63, 3.8) is 0 Å². The summed E-state index contributed by atoms with van der Waals surface area (Å²) >= 11 is 0. The van der Waals surface area contributed by atoms with Gasteiger partial charge in [0.05, 0.1) is 5.60 Å². The first-order valence-corrected chi connectivity index (χ1v) is 5.46. The fourth-order valence-electron chi connectivity index (χ4n) is 4.59. The van der Waals surface area contributed by atoms with Crippen LogP contribution in [0.25, 0.3) is 0 Å². The van der Waals surface area contributed by atoms with Crippen LogP contribution in [0.4, 0.5) is 0 Å². The molecule has 0 radical (unpaired) electrons. The van der Waals surface area contributed by atoms with Gasteiger partial charge < -0.3 is 10.2 Å². The Balaban J connectivity index is 1.95. The fourth-order valence-corrected chi connectivity index (χ4v) is 4.59. The van der Waals surface area contributed by atoms with Gasteiger partial charge in [-0.05, 0) is 55.8 Å². The van der Waals surface area contributed by atoms with Crippen molar-refractivity contribution in [2.75, 3.05) is 6.61 Å². The maximum Gasteiger partial charge on any atom is 0.0659 e. The quantitative estimate of drug-likeness (QED) is 0.642. The van der Waals surface area contributed by atoms with Crippen molar-refractivity contribution in [2.45, 2.75) is 44.1 Å². The number of rotatable bonds is 1. The molecule has 0 aromatic rings. The Bertz CT molecular complexity index is 222. The van der Waals surface area contributed by atoms with E-state index >= 15 is 0 Å². The van der Waals surface area contributed by atoms with Gasteiger partial charge in [-0.25, -0.2) is 0 Å². The molecule has 2 atom stereocenters.